The van der Waals surface area contributed by atoms with Crippen molar-refractivity contribution in [3.63, 3.8) is 0 Å². The van der Waals surface area contributed by atoms with Gasteiger partial charge in [0.1, 0.15) is 10.7 Å². The molecule has 3 rings (SSSR count). The standard InChI is InChI=1S/C16H15ClN4O5/c1-24-8-4-7(5-9(25-2)12(8)26-3)6-21-14-10(11(22)15(21)23)13(17)19-16(18)20-14/h4-5H,6H2,1-3H3,(H2,18,19,20). The van der Waals surface area contributed by atoms with Crippen molar-refractivity contribution in [3.8, 4) is 17.2 Å². The predicted octanol–water partition coefficient (Wildman–Crippen LogP) is 1.47. The highest BCUT2D eigenvalue weighted by Crippen LogP contribution is 2.40. The first-order valence-corrected chi connectivity index (χ1v) is 7.77. The van der Waals surface area contributed by atoms with Gasteiger partial charge >= 0.3 is 5.91 Å². The molecule has 0 radical (unpaired) electrons. The maximum atomic E-state index is 12.4. The highest BCUT2D eigenvalue weighted by molar-refractivity contribution is 6.54. The molecule has 0 bridgehead atoms. The van der Waals surface area contributed by atoms with Crippen molar-refractivity contribution in [1.82, 2.24) is 9.97 Å². The summed E-state index contributed by atoms with van der Waals surface area (Å²) >= 11 is 5.95. The minimum Gasteiger partial charge on any atom is -0.493 e. The Morgan fingerprint density at radius 2 is 1.69 bits per heavy atom. The molecule has 2 aromatic rings. The van der Waals surface area contributed by atoms with Gasteiger partial charge in [-0.1, -0.05) is 11.6 Å². The van der Waals surface area contributed by atoms with Crippen molar-refractivity contribution in [2.24, 2.45) is 0 Å². The van der Waals surface area contributed by atoms with E-state index < -0.39 is 11.7 Å². The van der Waals surface area contributed by atoms with Gasteiger partial charge in [-0.2, -0.15) is 4.98 Å². The molecule has 1 amide bonds. The van der Waals surface area contributed by atoms with E-state index in [1.807, 2.05) is 0 Å². The number of benzene rings is 1. The van der Waals surface area contributed by atoms with Gasteiger partial charge in [0, 0.05) is 0 Å². The summed E-state index contributed by atoms with van der Waals surface area (Å²) in [5.41, 5.74) is 6.16. The van der Waals surface area contributed by atoms with Crippen LogP contribution in [0.2, 0.25) is 5.15 Å². The van der Waals surface area contributed by atoms with E-state index in [1.54, 1.807) is 12.1 Å². The fraction of sp³-hybridized carbons (Fsp3) is 0.250. The monoisotopic (exact) mass is 378 g/mol. The maximum absolute atomic E-state index is 12.4. The molecule has 0 spiro atoms. The van der Waals surface area contributed by atoms with Gasteiger partial charge in [0.05, 0.1) is 27.9 Å². The second-order valence-corrected chi connectivity index (χ2v) is 5.68. The number of hydrogen-bond donors (Lipinski definition) is 1. The number of ketones is 1. The number of nitrogens with zero attached hydrogens (tertiary/aromatic N) is 3. The van der Waals surface area contributed by atoms with Crippen LogP contribution in [-0.2, 0) is 11.3 Å². The third kappa shape index (κ3) is 2.76. The number of ether oxygens (including phenoxy) is 3. The van der Waals surface area contributed by atoms with Crippen molar-refractivity contribution in [2.45, 2.75) is 6.54 Å². The molecule has 0 atom stereocenters. The van der Waals surface area contributed by atoms with Crippen molar-refractivity contribution >= 4 is 35.1 Å². The Balaban J connectivity index is 2.05. The topological polar surface area (TPSA) is 117 Å². The van der Waals surface area contributed by atoms with Gasteiger partial charge in [-0.15, -0.1) is 0 Å². The van der Waals surface area contributed by atoms with Gasteiger partial charge in [-0.25, -0.2) is 4.98 Å². The lowest BCUT2D eigenvalue weighted by Gasteiger charge is -2.18. The lowest BCUT2D eigenvalue weighted by molar-refractivity contribution is -0.114. The van der Waals surface area contributed by atoms with Gasteiger partial charge in [0.2, 0.25) is 11.7 Å². The number of nitrogens with two attached hydrogens (primary N) is 1. The molecular formula is C16H15ClN4O5. The summed E-state index contributed by atoms with van der Waals surface area (Å²) in [6, 6.07) is 3.34. The molecule has 136 valence electrons. The number of rotatable bonds is 5. The second kappa shape index (κ2) is 6.68. The molecule has 1 aliphatic heterocycles. The Labute approximate surface area is 153 Å². The molecule has 26 heavy (non-hydrogen) atoms. The predicted molar refractivity (Wildman–Crippen MR) is 93.1 cm³/mol. The molecule has 10 heteroatoms. The molecule has 0 fully saturated rings. The number of hydrogen-bond acceptors (Lipinski definition) is 8. The summed E-state index contributed by atoms with van der Waals surface area (Å²) in [6.45, 7) is 0.0288. The van der Waals surface area contributed by atoms with E-state index in [2.05, 4.69) is 9.97 Å². The zero-order valence-electron chi connectivity index (χ0n) is 14.2. The summed E-state index contributed by atoms with van der Waals surface area (Å²) in [5, 5.41) is -0.154. The van der Waals surface area contributed by atoms with E-state index in [0.717, 1.165) is 0 Å². The average Bonchev–Trinajstić information content (AvgIpc) is 2.85. The number of amides is 1. The van der Waals surface area contributed by atoms with Crippen molar-refractivity contribution in [1.29, 1.82) is 0 Å². The molecule has 1 aliphatic rings. The quantitative estimate of drug-likeness (QED) is 0.614. The second-order valence-electron chi connectivity index (χ2n) is 5.33. The van der Waals surface area contributed by atoms with E-state index in [0.29, 0.717) is 22.8 Å². The fourth-order valence-corrected chi connectivity index (χ4v) is 2.97. The van der Waals surface area contributed by atoms with E-state index in [1.165, 1.54) is 26.2 Å². The number of methoxy groups -OCH3 is 3. The maximum Gasteiger partial charge on any atom is 0.301 e. The number of fused-ring (bicyclic) bond motifs is 1. The summed E-state index contributed by atoms with van der Waals surface area (Å²) in [7, 11) is 4.45. The van der Waals surface area contributed by atoms with Gasteiger partial charge in [0.25, 0.3) is 5.78 Å². The van der Waals surface area contributed by atoms with Crippen LogP contribution < -0.4 is 24.8 Å². The Morgan fingerprint density at radius 1 is 1.08 bits per heavy atom. The van der Waals surface area contributed by atoms with Crippen LogP contribution in [0.5, 0.6) is 17.2 Å². The van der Waals surface area contributed by atoms with Gasteiger partial charge in [-0.3, -0.25) is 14.5 Å². The molecule has 0 unspecified atom stereocenters. The van der Waals surface area contributed by atoms with Crippen LogP contribution in [0, 0.1) is 0 Å². The summed E-state index contributed by atoms with van der Waals surface area (Å²) in [4.78, 5) is 33.5. The van der Waals surface area contributed by atoms with Gasteiger partial charge < -0.3 is 19.9 Å². The summed E-state index contributed by atoms with van der Waals surface area (Å²) < 4.78 is 15.9. The summed E-state index contributed by atoms with van der Waals surface area (Å²) in [6.07, 6.45) is 0. The van der Waals surface area contributed by atoms with Crippen LogP contribution in [-0.4, -0.2) is 43.0 Å². The van der Waals surface area contributed by atoms with Crippen LogP contribution in [0.15, 0.2) is 12.1 Å². The minimum absolute atomic E-state index is 0.0288. The van der Waals surface area contributed by atoms with Gasteiger partial charge in [0.15, 0.2) is 17.3 Å². The first-order valence-electron chi connectivity index (χ1n) is 7.39. The Bertz CT molecular complexity index is 893. The fourth-order valence-electron chi connectivity index (χ4n) is 2.71. The Morgan fingerprint density at radius 3 is 2.23 bits per heavy atom. The molecule has 0 aliphatic carbocycles. The Kier molecular flexibility index (Phi) is 4.56. The number of nitrogen functional groups attached to an aromatic ring is 1. The minimum atomic E-state index is -0.780. The molecule has 1 aromatic carbocycles. The molecule has 9 nitrogen and oxygen atoms in total. The molecule has 0 saturated heterocycles. The zero-order chi connectivity index (χ0) is 19.0. The third-order valence-corrected chi connectivity index (χ3v) is 4.12. The molecule has 1 aromatic heterocycles. The molecule has 0 saturated carbocycles. The number of aromatic nitrogens is 2. The number of anilines is 2. The van der Waals surface area contributed by atoms with Crippen molar-refractivity contribution < 1.29 is 23.8 Å². The first kappa shape index (κ1) is 17.7. The number of halogens is 1. The lowest BCUT2D eigenvalue weighted by atomic mass is 10.1. The SMILES string of the molecule is COc1cc(CN2C(=O)C(=O)c3c(Cl)nc(N)nc32)cc(OC)c1OC. The van der Waals surface area contributed by atoms with E-state index >= 15 is 0 Å². The van der Waals surface area contributed by atoms with Crippen LogP contribution in [0.1, 0.15) is 15.9 Å². The highest BCUT2D eigenvalue weighted by Gasteiger charge is 2.40. The molecular weight excluding hydrogens is 364 g/mol. The van der Waals surface area contributed by atoms with E-state index in [9.17, 15) is 9.59 Å². The average molecular weight is 379 g/mol. The molecule has 2 heterocycles. The highest BCUT2D eigenvalue weighted by atomic mass is 35.5. The molecule has 2 N–H and O–H groups in total. The largest absolute Gasteiger partial charge is 0.493 e. The van der Waals surface area contributed by atoms with Crippen LogP contribution in [0.3, 0.4) is 0 Å². The normalized spacial score (nSPS) is 13.0. The van der Waals surface area contributed by atoms with E-state index in [-0.39, 0.29) is 29.0 Å². The lowest BCUT2D eigenvalue weighted by Crippen LogP contribution is -2.29. The zero-order valence-corrected chi connectivity index (χ0v) is 15.0. The number of carbonyl (C=O) groups is 2. The van der Waals surface area contributed by atoms with Crippen molar-refractivity contribution in [3.05, 3.63) is 28.4 Å². The number of Topliss-reactive ketones (excluding diaryl/α,β-unsaturated/α-hetero) is 1. The van der Waals surface area contributed by atoms with Crippen LogP contribution in [0.4, 0.5) is 11.8 Å². The van der Waals surface area contributed by atoms with Crippen molar-refractivity contribution in [2.75, 3.05) is 32.0 Å². The first-order chi connectivity index (χ1) is 12.4. The van der Waals surface area contributed by atoms with Gasteiger partial charge in [-0.05, 0) is 17.7 Å². The third-order valence-electron chi connectivity index (χ3n) is 3.85. The number of carbonyl (C=O) groups excluding carboxylic acids is 2. The van der Waals surface area contributed by atoms with Crippen LogP contribution >= 0.6 is 11.6 Å². The van der Waals surface area contributed by atoms with E-state index in [4.69, 9.17) is 31.5 Å². The smallest absolute Gasteiger partial charge is 0.301 e. The van der Waals surface area contributed by atoms with Crippen LogP contribution in [0.25, 0.3) is 0 Å². The Hall–Kier alpha value is -3.07. The summed E-state index contributed by atoms with van der Waals surface area (Å²) in [5.74, 6) is -0.358.